The monoisotopic (exact) mass is 298 g/mol. The van der Waals surface area contributed by atoms with Gasteiger partial charge >= 0.3 is 5.97 Å². The van der Waals surface area contributed by atoms with Gasteiger partial charge in [-0.2, -0.15) is 0 Å². The highest BCUT2D eigenvalue weighted by atomic mass is 16.4. The zero-order chi connectivity index (χ0) is 16.0. The normalized spacial score (nSPS) is 21.1. The number of likely N-dealkylation sites (tertiary alicyclic amines) is 1. The molecule has 3 N–H and O–H groups in total. The summed E-state index contributed by atoms with van der Waals surface area (Å²) in [6, 6.07) is 0. The van der Waals surface area contributed by atoms with E-state index in [1.165, 1.54) is 0 Å². The van der Waals surface area contributed by atoms with Crippen LogP contribution in [0.15, 0.2) is 0 Å². The molecule has 0 aromatic heterocycles. The maximum absolute atomic E-state index is 12.3. The highest BCUT2D eigenvalue weighted by Crippen LogP contribution is 2.32. The molecule has 5 heteroatoms. The minimum absolute atomic E-state index is 0.0900. The molecule has 0 radical (unpaired) electrons. The zero-order valence-electron chi connectivity index (χ0n) is 13.6. The fraction of sp³-hybridized carbons (Fsp3) is 0.875. The molecule has 2 atom stereocenters. The van der Waals surface area contributed by atoms with Crippen LogP contribution >= 0.6 is 0 Å². The average molecular weight is 298 g/mol. The first-order valence-electron chi connectivity index (χ1n) is 7.96. The molecule has 0 aromatic carbocycles. The number of carboxylic acids is 1. The summed E-state index contributed by atoms with van der Waals surface area (Å²) in [4.78, 5) is 25.1. The first kappa shape index (κ1) is 18.0. The highest BCUT2D eigenvalue weighted by molar-refractivity contribution is 5.78. The van der Waals surface area contributed by atoms with Gasteiger partial charge in [0.2, 0.25) is 5.91 Å². The summed E-state index contributed by atoms with van der Waals surface area (Å²) in [6.07, 6.45) is 3.71. The van der Waals surface area contributed by atoms with E-state index in [0.29, 0.717) is 38.4 Å². The molecule has 0 bridgehead atoms. The molecular formula is C16H30N2O3. The van der Waals surface area contributed by atoms with Gasteiger partial charge in [-0.1, -0.05) is 20.8 Å². The topological polar surface area (TPSA) is 83.6 Å². The molecule has 1 rings (SSSR count). The Balaban J connectivity index is 2.50. The van der Waals surface area contributed by atoms with Gasteiger partial charge in [0.1, 0.15) is 0 Å². The molecular weight excluding hydrogens is 268 g/mol. The summed E-state index contributed by atoms with van der Waals surface area (Å²) < 4.78 is 0. The predicted molar refractivity (Wildman–Crippen MR) is 82.8 cm³/mol. The molecule has 1 heterocycles. The summed E-state index contributed by atoms with van der Waals surface area (Å²) in [7, 11) is 0. The van der Waals surface area contributed by atoms with Gasteiger partial charge < -0.3 is 15.7 Å². The Labute approximate surface area is 127 Å². The number of amides is 1. The van der Waals surface area contributed by atoms with Crippen LogP contribution in [-0.2, 0) is 9.59 Å². The van der Waals surface area contributed by atoms with Crippen molar-refractivity contribution in [2.75, 3.05) is 19.6 Å². The van der Waals surface area contributed by atoms with Crippen LogP contribution in [0.1, 0.15) is 52.9 Å². The van der Waals surface area contributed by atoms with Crippen LogP contribution in [0.4, 0.5) is 0 Å². The van der Waals surface area contributed by atoms with Crippen molar-refractivity contribution in [2.45, 2.75) is 52.9 Å². The molecule has 1 amide bonds. The first-order chi connectivity index (χ1) is 9.75. The van der Waals surface area contributed by atoms with E-state index < -0.39 is 11.9 Å². The maximum atomic E-state index is 12.3. The number of carbonyl (C=O) groups excluding carboxylic acids is 1. The van der Waals surface area contributed by atoms with Gasteiger partial charge in [-0.3, -0.25) is 9.59 Å². The summed E-state index contributed by atoms with van der Waals surface area (Å²) in [6.45, 7) is 8.24. The standard InChI is InChI=1S/C16H30N2O3/c1-16(2,3)13(8-9-17)6-7-14(19)18-10-4-5-12(11-18)15(20)21/h12-13H,4-11,17H2,1-3H3,(H,20,21)/t12-,13?/m1/s1. The molecule has 1 aliphatic rings. The van der Waals surface area contributed by atoms with Crippen molar-refractivity contribution < 1.29 is 14.7 Å². The number of nitrogens with zero attached hydrogens (tertiary/aromatic N) is 1. The molecule has 0 spiro atoms. The van der Waals surface area contributed by atoms with Crippen molar-refractivity contribution in [1.82, 2.24) is 4.90 Å². The van der Waals surface area contributed by atoms with E-state index in [-0.39, 0.29) is 11.3 Å². The van der Waals surface area contributed by atoms with Crippen molar-refractivity contribution in [3.8, 4) is 0 Å². The average Bonchev–Trinajstić information content (AvgIpc) is 2.42. The number of hydrogen-bond acceptors (Lipinski definition) is 3. The van der Waals surface area contributed by atoms with Crippen LogP contribution in [0.2, 0.25) is 0 Å². The third-order valence-corrected chi connectivity index (χ3v) is 4.57. The second kappa shape index (κ2) is 7.78. The van der Waals surface area contributed by atoms with Crippen molar-refractivity contribution in [2.24, 2.45) is 23.0 Å². The Morgan fingerprint density at radius 1 is 1.33 bits per heavy atom. The molecule has 0 saturated carbocycles. The summed E-state index contributed by atoms with van der Waals surface area (Å²) in [5, 5.41) is 9.08. The van der Waals surface area contributed by atoms with Crippen molar-refractivity contribution in [3.05, 3.63) is 0 Å². The number of hydrogen-bond donors (Lipinski definition) is 2. The Kier molecular flexibility index (Phi) is 6.65. The molecule has 1 aliphatic heterocycles. The number of rotatable bonds is 6. The lowest BCUT2D eigenvalue weighted by molar-refractivity contribution is -0.145. The number of carboxylic acid groups (broad SMARTS) is 1. The molecule has 0 aliphatic carbocycles. The van der Waals surface area contributed by atoms with E-state index in [9.17, 15) is 9.59 Å². The lowest BCUT2D eigenvalue weighted by Gasteiger charge is -2.33. The van der Waals surface area contributed by atoms with Gasteiger partial charge in [0, 0.05) is 19.5 Å². The number of carbonyl (C=O) groups is 2. The van der Waals surface area contributed by atoms with Crippen LogP contribution in [0.5, 0.6) is 0 Å². The minimum Gasteiger partial charge on any atom is -0.481 e. The maximum Gasteiger partial charge on any atom is 0.308 e. The molecule has 0 aromatic rings. The fourth-order valence-electron chi connectivity index (χ4n) is 3.07. The van der Waals surface area contributed by atoms with Crippen molar-refractivity contribution in [3.63, 3.8) is 0 Å². The number of piperidine rings is 1. The Morgan fingerprint density at radius 3 is 2.52 bits per heavy atom. The van der Waals surface area contributed by atoms with Crippen LogP contribution in [0.25, 0.3) is 0 Å². The molecule has 122 valence electrons. The lowest BCUT2D eigenvalue weighted by atomic mass is 9.76. The van der Waals surface area contributed by atoms with E-state index in [2.05, 4.69) is 20.8 Å². The third kappa shape index (κ3) is 5.65. The second-order valence-electron chi connectivity index (χ2n) is 7.20. The van der Waals surface area contributed by atoms with E-state index in [0.717, 1.165) is 19.3 Å². The molecule has 1 unspecified atom stereocenters. The molecule has 5 nitrogen and oxygen atoms in total. The van der Waals surface area contributed by atoms with Gasteiger partial charge in [0.15, 0.2) is 0 Å². The van der Waals surface area contributed by atoms with Crippen LogP contribution in [0.3, 0.4) is 0 Å². The van der Waals surface area contributed by atoms with Gasteiger partial charge in [0.25, 0.3) is 0 Å². The number of aliphatic carboxylic acids is 1. The molecule has 1 fully saturated rings. The van der Waals surface area contributed by atoms with Gasteiger partial charge in [-0.15, -0.1) is 0 Å². The summed E-state index contributed by atoms with van der Waals surface area (Å²) >= 11 is 0. The van der Waals surface area contributed by atoms with Crippen LogP contribution in [0, 0.1) is 17.3 Å². The van der Waals surface area contributed by atoms with Gasteiger partial charge in [-0.05, 0) is 43.6 Å². The molecule has 21 heavy (non-hydrogen) atoms. The quantitative estimate of drug-likeness (QED) is 0.786. The SMILES string of the molecule is CC(C)(C)C(CCN)CCC(=O)N1CCC[C@@H](C(=O)O)C1. The Morgan fingerprint density at radius 2 is 2.00 bits per heavy atom. The fourth-order valence-corrected chi connectivity index (χ4v) is 3.07. The summed E-state index contributed by atoms with van der Waals surface area (Å²) in [5.41, 5.74) is 5.81. The highest BCUT2D eigenvalue weighted by Gasteiger charge is 2.29. The first-order valence-corrected chi connectivity index (χ1v) is 7.96. The van der Waals surface area contributed by atoms with Crippen molar-refractivity contribution in [1.29, 1.82) is 0 Å². The third-order valence-electron chi connectivity index (χ3n) is 4.57. The molecule has 1 saturated heterocycles. The van der Waals surface area contributed by atoms with E-state index >= 15 is 0 Å². The number of nitrogens with two attached hydrogens (primary N) is 1. The van der Waals surface area contributed by atoms with Gasteiger partial charge in [-0.25, -0.2) is 0 Å². The van der Waals surface area contributed by atoms with Gasteiger partial charge in [0.05, 0.1) is 5.92 Å². The smallest absolute Gasteiger partial charge is 0.308 e. The van der Waals surface area contributed by atoms with Crippen LogP contribution in [-0.4, -0.2) is 41.5 Å². The van der Waals surface area contributed by atoms with E-state index in [1.807, 2.05) is 0 Å². The predicted octanol–water partition coefficient (Wildman–Crippen LogP) is 2.10. The van der Waals surface area contributed by atoms with Crippen LogP contribution < -0.4 is 5.73 Å². The largest absolute Gasteiger partial charge is 0.481 e. The van der Waals surface area contributed by atoms with Crippen molar-refractivity contribution >= 4 is 11.9 Å². The Hall–Kier alpha value is -1.10. The summed E-state index contributed by atoms with van der Waals surface area (Å²) in [5.74, 6) is -0.674. The lowest BCUT2D eigenvalue weighted by Crippen LogP contribution is -2.42. The minimum atomic E-state index is -0.789. The Bertz CT molecular complexity index is 363. The van der Waals surface area contributed by atoms with E-state index in [1.54, 1.807) is 4.90 Å². The zero-order valence-corrected chi connectivity index (χ0v) is 13.6. The van der Waals surface area contributed by atoms with E-state index in [4.69, 9.17) is 10.8 Å². The second-order valence-corrected chi connectivity index (χ2v) is 7.20.